The highest BCUT2D eigenvalue weighted by Gasteiger charge is 2.17. The predicted molar refractivity (Wildman–Crippen MR) is 72.7 cm³/mol. The van der Waals surface area contributed by atoms with E-state index in [4.69, 9.17) is 4.74 Å². The Kier molecular flexibility index (Phi) is 6.29. The fourth-order valence-corrected chi connectivity index (χ4v) is 1.52. The fraction of sp³-hybridized carbons (Fsp3) is 0.500. The lowest BCUT2D eigenvalue weighted by Gasteiger charge is -2.18. The Bertz CT molecular complexity index is 393. The van der Waals surface area contributed by atoms with Crippen LogP contribution < -0.4 is 10.1 Å². The quantitative estimate of drug-likeness (QED) is 0.817. The Balaban J connectivity index is 2.48. The lowest BCUT2D eigenvalue weighted by atomic mass is 10.2. The van der Waals surface area contributed by atoms with Crippen molar-refractivity contribution in [2.24, 2.45) is 0 Å². The van der Waals surface area contributed by atoms with Gasteiger partial charge in [0.15, 0.2) is 6.10 Å². The Morgan fingerprint density at radius 3 is 2.53 bits per heavy atom. The highest BCUT2D eigenvalue weighted by Crippen LogP contribution is 2.14. The molecule has 5 heteroatoms. The molecule has 0 aromatic heterocycles. The van der Waals surface area contributed by atoms with Crippen LogP contribution in [0.4, 0.5) is 4.39 Å². The number of hydrogen-bond acceptors (Lipinski definition) is 3. The number of rotatable bonds is 7. The molecule has 1 atom stereocenters. The van der Waals surface area contributed by atoms with Crippen LogP contribution in [0.2, 0.25) is 0 Å². The van der Waals surface area contributed by atoms with Gasteiger partial charge in [0.2, 0.25) is 0 Å². The maximum Gasteiger partial charge on any atom is 0.261 e. The van der Waals surface area contributed by atoms with Crippen LogP contribution in [0.15, 0.2) is 24.3 Å². The van der Waals surface area contributed by atoms with Gasteiger partial charge in [-0.2, -0.15) is 0 Å². The smallest absolute Gasteiger partial charge is 0.261 e. The van der Waals surface area contributed by atoms with Gasteiger partial charge in [0, 0.05) is 13.1 Å². The van der Waals surface area contributed by atoms with Crippen LogP contribution >= 0.6 is 0 Å². The summed E-state index contributed by atoms with van der Waals surface area (Å²) in [5.74, 6) is 0.0283. The zero-order chi connectivity index (χ0) is 14.3. The first kappa shape index (κ1) is 15.4. The van der Waals surface area contributed by atoms with Gasteiger partial charge in [-0.05, 0) is 44.8 Å². The molecule has 19 heavy (non-hydrogen) atoms. The largest absolute Gasteiger partial charge is 0.481 e. The number of carbonyl (C=O) groups excluding carboxylic acids is 1. The summed E-state index contributed by atoms with van der Waals surface area (Å²) in [6, 6.07) is 5.66. The maximum absolute atomic E-state index is 12.8. The van der Waals surface area contributed by atoms with Crippen LogP contribution in [0, 0.1) is 5.82 Å². The minimum Gasteiger partial charge on any atom is -0.481 e. The summed E-state index contributed by atoms with van der Waals surface area (Å²) >= 11 is 0. The molecule has 1 rings (SSSR count). The third kappa shape index (κ3) is 5.70. The number of benzene rings is 1. The normalized spacial score (nSPS) is 12.3. The van der Waals surface area contributed by atoms with E-state index in [1.165, 1.54) is 24.3 Å². The number of likely N-dealkylation sites (N-methyl/N-ethyl adjacent to an activating group) is 1. The van der Waals surface area contributed by atoms with Crippen LogP contribution in [0.5, 0.6) is 5.75 Å². The van der Waals surface area contributed by atoms with Crippen LogP contribution in [-0.2, 0) is 4.79 Å². The molecule has 1 amide bonds. The summed E-state index contributed by atoms with van der Waals surface area (Å²) in [6.07, 6.45) is 0.0122. The Morgan fingerprint density at radius 1 is 1.37 bits per heavy atom. The number of nitrogens with one attached hydrogen (secondary N) is 1. The van der Waals surface area contributed by atoms with Crippen molar-refractivity contribution < 1.29 is 13.9 Å². The van der Waals surface area contributed by atoms with Crippen molar-refractivity contribution in [2.75, 3.05) is 27.2 Å². The molecule has 1 aromatic carbocycles. The van der Waals surface area contributed by atoms with Gasteiger partial charge in [0.05, 0.1) is 0 Å². The zero-order valence-corrected chi connectivity index (χ0v) is 11.6. The molecule has 0 aliphatic carbocycles. The second-order valence-electron chi connectivity index (χ2n) is 4.56. The molecular formula is C14H21FN2O2. The average molecular weight is 268 g/mol. The highest BCUT2D eigenvalue weighted by atomic mass is 19.1. The van der Waals surface area contributed by atoms with E-state index in [1.807, 2.05) is 25.9 Å². The predicted octanol–water partition coefficient (Wildman–Crippen LogP) is 1.66. The minimum absolute atomic E-state index is 0.145. The van der Waals surface area contributed by atoms with Crippen molar-refractivity contribution in [3.8, 4) is 5.75 Å². The molecule has 0 unspecified atom stereocenters. The second-order valence-corrected chi connectivity index (χ2v) is 4.56. The molecular weight excluding hydrogens is 247 g/mol. The van der Waals surface area contributed by atoms with Crippen molar-refractivity contribution in [3.05, 3.63) is 30.1 Å². The van der Waals surface area contributed by atoms with Crippen LogP contribution in [0.25, 0.3) is 0 Å². The van der Waals surface area contributed by atoms with Gasteiger partial charge in [-0.3, -0.25) is 4.79 Å². The molecule has 0 spiro atoms. The molecule has 0 aliphatic heterocycles. The Labute approximate surface area is 113 Å². The standard InChI is InChI=1S/C14H21FN2O2/c1-4-13(14(18)16-9-10-17(2)3)19-12-7-5-11(15)6-8-12/h5-8,13H,4,9-10H2,1-3H3,(H,16,18)/t13-/m1/s1. The second kappa shape index (κ2) is 7.74. The summed E-state index contributed by atoms with van der Waals surface area (Å²) in [4.78, 5) is 13.9. The van der Waals surface area contributed by atoms with E-state index in [-0.39, 0.29) is 11.7 Å². The van der Waals surface area contributed by atoms with E-state index in [0.29, 0.717) is 18.7 Å². The first-order valence-corrected chi connectivity index (χ1v) is 6.37. The summed E-state index contributed by atoms with van der Waals surface area (Å²) in [5.41, 5.74) is 0. The Hall–Kier alpha value is -1.62. The fourth-order valence-electron chi connectivity index (χ4n) is 1.52. The number of hydrogen-bond donors (Lipinski definition) is 1. The minimum atomic E-state index is -0.548. The lowest BCUT2D eigenvalue weighted by molar-refractivity contribution is -0.128. The third-order valence-electron chi connectivity index (χ3n) is 2.61. The van der Waals surface area contributed by atoms with Gasteiger partial charge < -0.3 is 15.0 Å². The summed E-state index contributed by atoms with van der Waals surface area (Å²) in [6.45, 7) is 3.23. The number of halogens is 1. The van der Waals surface area contributed by atoms with Crippen molar-refractivity contribution in [1.29, 1.82) is 0 Å². The number of amides is 1. The van der Waals surface area contributed by atoms with Gasteiger partial charge in [-0.15, -0.1) is 0 Å². The summed E-state index contributed by atoms with van der Waals surface area (Å²) in [7, 11) is 3.89. The molecule has 4 nitrogen and oxygen atoms in total. The van der Waals surface area contributed by atoms with Gasteiger partial charge >= 0.3 is 0 Å². The number of ether oxygens (including phenoxy) is 1. The van der Waals surface area contributed by atoms with E-state index in [1.54, 1.807) is 0 Å². The monoisotopic (exact) mass is 268 g/mol. The average Bonchev–Trinajstić information content (AvgIpc) is 2.37. The van der Waals surface area contributed by atoms with Crippen molar-refractivity contribution >= 4 is 5.91 Å². The van der Waals surface area contributed by atoms with Crippen molar-refractivity contribution in [1.82, 2.24) is 10.2 Å². The molecule has 0 bridgehead atoms. The lowest BCUT2D eigenvalue weighted by Crippen LogP contribution is -2.40. The Morgan fingerprint density at radius 2 is 2.00 bits per heavy atom. The van der Waals surface area contributed by atoms with Gasteiger partial charge in [-0.1, -0.05) is 6.92 Å². The van der Waals surface area contributed by atoms with E-state index >= 15 is 0 Å². The molecule has 1 N–H and O–H groups in total. The van der Waals surface area contributed by atoms with E-state index in [9.17, 15) is 9.18 Å². The molecule has 0 radical (unpaired) electrons. The molecule has 0 aliphatic rings. The van der Waals surface area contributed by atoms with Crippen LogP contribution in [0.3, 0.4) is 0 Å². The molecule has 1 aromatic rings. The van der Waals surface area contributed by atoms with Crippen molar-refractivity contribution in [2.45, 2.75) is 19.4 Å². The first-order chi connectivity index (χ1) is 9.02. The van der Waals surface area contributed by atoms with Crippen LogP contribution in [0.1, 0.15) is 13.3 Å². The van der Waals surface area contributed by atoms with Gasteiger partial charge in [0.25, 0.3) is 5.91 Å². The molecule has 0 saturated carbocycles. The van der Waals surface area contributed by atoms with E-state index < -0.39 is 6.10 Å². The van der Waals surface area contributed by atoms with Gasteiger partial charge in [-0.25, -0.2) is 4.39 Å². The third-order valence-corrected chi connectivity index (χ3v) is 2.61. The maximum atomic E-state index is 12.8. The molecule has 106 valence electrons. The zero-order valence-electron chi connectivity index (χ0n) is 11.6. The SMILES string of the molecule is CC[C@@H](Oc1ccc(F)cc1)C(=O)NCCN(C)C. The molecule has 0 heterocycles. The summed E-state index contributed by atoms with van der Waals surface area (Å²) in [5, 5.41) is 2.82. The number of carbonyl (C=O) groups is 1. The highest BCUT2D eigenvalue weighted by molar-refractivity contribution is 5.81. The topological polar surface area (TPSA) is 41.6 Å². The van der Waals surface area contributed by atoms with E-state index in [2.05, 4.69) is 5.32 Å². The number of nitrogens with zero attached hydrogens (tertiary/aromatic N) is 1. The van der Waals surface area contributed by atoms with E-state index in [0.717, 1.165) is 6.54 Å². The van der Waals surface area contributed by atoms with Crippen LogP contribution in [-0.4, -0.2) is 44.1 Å². The summed E-state index contributed by atoms with van der Waals surface area (Å²) < 4.78 is 18.3. The van der Waals surface area contributed by atoms with Crippen molar-refractivity contribution in [3.63, 3.8) is 0 Å². The molecule has 0 fully saturated rings. The first-order valence-electron chi connectivity index (χ1n) is 6.37. The van der Waals surface area contributed by atoms with Gasteiger partial charge in [0.1, 0.15) is 11.6 Å². The molecule has 0 saturated heterocycles.